The maximum Gasteiger partial charge on any atom is 0.314 e. The molecular weight excluding hydrogens is 456 g/mol. The van der Waals surface area contributed by atoms with E-state index < -0.39 is 11.4 Å². The van der Waals surface area contributed by atoms with Crippen molar-refractivity contribution in [3.05, 3.63) is 66.7 Å². The number of carboxylic acids is 1. The van der Waals surface area contributed by atoms with Crippen molar-refractivity contribution in [2.45, 2.75) is 44.6 Å². The Kier molecular flexibility index (Phi) is 5.70. The van der Waals surface area contributed by atoms with Gasteiger partial charge in [-0.25, -0.2) is 0 Å². The molecule has 184 valence electrons. The van der Waals surface area contributed by atoms with Crippen molar-refractivity contribution in [3.63, 3.8) is 0 Å². The van der Waals surface area contributed by atoms with Crippen molar-refractivity contribution in [2.75, 3.05) is 5.32 Å². The highest BCUT2D eigenvalue weighted by atomic mass is 16.5. The van der Waals surface area contributed by atoms with Crippen molar-refractivity contribution in [3.8, 4) is 28.3 Å². The van der Waals surface area contributed by atoms with E-state index in [0.717, 1.165) is 33.8 Å². The molecule has 0 atom stereocenters. The molecule has 1 fully saturated rings. The number of aromatic nitrogens is 5. The smallest absolute Gasteiger partial charge is 0.314 e. The fraction of sp³-hybridized carbons (Fsp3) is 0.296. The molecule has 0 aliphatic heterocycles. The molecule has 0 amide bonds. The second-order valence-electron chi connectivity index (χ2n) is 10.0. The Bertz CT molecular complexity index is 1400. The van der Waals surface area contributed by atoms with Gasteiger partial charge in [0.05, 0.1) is 35.3 Å². The van der Waals surface area contributed by atoms with Gasteiger partial charge in [0, 0.05) is 18.8 Å². The van der Waals surface area contributed by atoms with Crippen LogP contribution >= 0.6 is 0 Å². The predicted octanol–water partition coefficient (Wildman–Crippen LogP) is 4.98. The summed E-state index contributed by atoms with van der Waals surface area (Å²) in [6, 6.07) is 11.7. The van der Waals surface area contributed by atoms with Crippen molar-refractivity contribution in [1.29, 1.82) is 0 Å². The summed E-state index contributed by atoms with van der Waals surface area (Å²) in [5, 5.41) is 17.2. The lowest BCUT2D eigenvalue weighted by Gasteiger charge is -2.20. The summed E-state index contributed by atoms with van der Waals surface area (Å²) in [7, 11) is 1.84. The number of rotatable bonds is 7. The Labute approximate surface area is 209 Å². The molecule has 5 rings (SSSR count). The van der Waals surface area contributed by atoms with Crippen LogP contribution in [0.2, 0.25) is 0 Å². The van der Waals surface area contributed by atoms with Gasteiger partial charge in [-0.15, -0.1) is 0 Å². The van der Waals surface area contributed by atoms with E-state index in [1.807, 2.05) is 70.4 Å². The molecule has 0 unspecified atom stereocenters. The molecule has 0 radical (unpaired) electrons. The standard InChI is InChI=1S/C27H28N6O3/c1-26(2,3)36-23-16-28-15-22(31-23)32-24-20(14-30-33(24)4)21-10-7-18(13-29-21)17-5-8-19(9-6-17)27(11-12-27)25(34)35/h5-10,13-16H,11-12H2,1-4H3,(H,31,32)(H,34,35). The van der Waals surface area contributed by atoms with Crippen LogP contribution < -0.4 is 10.1 Å². The SMILES string of the molecule is Cn1ncc(-c2ccc(-c3ccc(C4(C(=O)O)CC4)cc3)cn2)c1Nc1cncc(OC(C)(C)C)n1. The van der Waals surface area contributed by atoms with E-state index >= 15 is 0 Å². The Balaban J connectivity index is 1.36. The van der Waals surface area contributed by atoms with Crippen LogP contribution in [0.1, 0.15) is 39.2 Å². The highest BCUT2D eigenvalue weighted by Gasteiger charge is 2.51. The number of carbonyl (C=O) groups is 1. The van der Waals surface area contributed by atoms with Gasteiger partial charge in [0.25, 0.3) is 0 Å². The van der Waals surface area contributed by atoms with E-state index in [-0.39, 0.29) is 5.60 Å². The van der Waals surface area contributed by atoms with E-state index in [9.17, 15) is 9.90 Å². The fourth-order valence-electron chi connectivity index (χ4n) is 4.12. The van der Waals surface area contributed by atoms with Crippen molar-refractivity contribution < 1.29 is 14.6 Å². The van der Waals surface area contributed by atoms with Gasteiger partial charge >= 0.3 is 5.97 Å². The molecule has 1 saturated carbocycles. The molecule has 9 nitrogen and oxygen atoms in total. The zero-order valence-corrected chi connectivity index (χ0v) is 20.7. The third-order valence-corrected chi connectivity index (χ3v) is 6.18. The number of carboxylic acid groups (broad SMARTS) is 1. The number of anilines is 2. The van der Waals surface area contributed by atoms with Crippen LogP contribution in [0.4, 0.5) is 11.6 Å². The first-order valence-electron chi connectivity index (χ1n) is 11.8. The van der Waals surface area contributed by atoms with Gasteiger partial charge in [0.2, 0.25) is 5.88 Å². The van der Waals surface area contributed by atoms with Crippen LogP contribution in [0.5, 0.6) is 5.88 Å². The van der Waals surface area contributed by atoms with Gasteiger partial charge in [-0.3, -0.25) is 19.4 Å². The van der Waals surface area contributed by atoms with Crippen LogP contribution in [0, 0.1) is 0 Å². The fourth-order valence-corrected chi connectivity index (χ4v) is 4.12. The average molecular weight is 485 g/mol. The lowest BCUT2D eigenvalue weighted by molar-refractivity contribution is -0.140. The quantitative estimate of drug-likeness (QED) is 0.378. The number of benzene rings is 1. The maximum absolute atomic E-state index is 11.6. The van der Waals surface area contributed by atoms with E-state index in [1.54, 1.807) is 23.3 Å². The Morgan fingerprint density at radius 1 is 1.03 bits per heavy atom. The van der Waals surface area contributed by atoms with Gasteiger partial charge in [-0.2, -0.15) is 10.1 Å². The summed E-state index contributed by atoms with van der Waals surface area (Å²) in [5.41, 5.74) is 3.27. The topological polar surface area (TPSA) is 115 Å². The number of pyridine rings is 1. The third kappa shape index (κ3) is 4.64. The van der Waals surface area contributed by atoms with Crippen LogP contribution in [-0.4, -0.2) is 41.4 Å². The zero-order chi connectivity index (χ0) is 25.5. The van der Waals surface area contributed by atoms with Crippen molar-refractivity contribution in [2.24, 2.45) is 7.05 Å². The number of aryl methyl sites for hydroxylation is 1. The summed E-state index contributed by atoms with van der Waals surface area (Å²) in [5.74, 6) is 0.945. The molecule has 3 aromatic heterocycles. The lowest BCUT2D eigenvalue weighted by atomic mass is 9.94. The third-order valence-electron chi connectivity index (χ3n) is 6.18. The first-order chi connectivity index (χ1) is 17.1. The second-order valence-corrected chi connectivity index (χ2v) is 10.0. The van der Waals surface area contributed by atoms with E-state index in [1.165, 1.54) is 0 Å². The monoisotopic (exact) mass is 484 g/mol. The van der Waals surface area contributed by atoms with Gasteiger partial charge in [-0.05, 0) is 50.8 Å². The first kappa shape index (κ1) is 23.5. The number of nitrogens with zero attached hydrogens (tertiary/aromatic N) is 5. The molecule has 1 aromatic carbocycles. The Morgan fingerprint density at radius 2 is 1.75 bits per heavy atom. The normalized spacial score (nSPS) is 14.3. The predicted molar refractivity (Wildman–Crippen MR) is 136 cm³/mol. The Morgan fingerprint density at radius 3 is 2.36 bits per heavy atom. The largest absolute Gasteiger partial charge is 0.481 e. The Hall–Kier alpha value is -4.27. The summed E-state index contributed by atoms with van der Waals surface area (Å²) in [4.78, 5) is 25.0. The number of nitrogens with one attached hydrogen (secondary N) is 1. The molecular formula is C27H28N6O3. The van der Waals surface area contributed by atoms with Gasteiger partial charge < -0.3 is 15.2 Å². The molecule has 0 bridgehead atoms. The minimum Gasteiger partial charge on any atom is -0.481 e. The zero-order valence-electron chi connectivity index (χ0n) is 20.7. The van der Waals surface area contributed by atoms with Gasteiger partial charge in [0.15, 0.2) is 5.82 Å². The number of ether oxygens (including phenoxy) is 1. The molecule has 2 N–H and O–H groups in total. The second kappa shape index (κ2) is 8.75. The molecule has 9 heteroatoms. The molecule has 0 spiro atoms. The maximum atomic E-state index is 11.6. The van der Waals surface area contributed by atoms with Crippen molar-refractivity contribution in [1.82, 2.24) is 24.7 Å². The van der Waals surface area contributed by atoms with Crippen LogP contribution in [0.25, 0.3) is 22.4 Å². The van der Waals surface area contributed by atoms with Crippen molar-refractivity contribution >= 4 is 17.6 Å². The van der Waals surface area contributed by atoms with Gasteiger partial charge in [-0.1, -0.05) is 30.3 Å². The average Bonchev–Trinajstić information content (AvgIpc) is 3.58. The molecule has 4 aromatic rings. The number of hydrogen-bond acceptors (Lipinski definition) is 7. The molecule has 3 heterocycles. The first-order valence-corrected chi connectivity index (χ1v) is 11.8. The highest BCUT2D eigenvalue weighted by molar-refractivity contribution is 5.85. The molecule has 1 aliphatic carbocycles. The van der Waals surface area contributed by atoms with E-state index in [4.69, 9.17) is 4.74 Å². The van der Waals surface area contributed by atoms with Crippen LogP contribution in [0.15, 0.2) is 61.2 Å². The van der Waals surface area contributed by atoms with E-state index in [2.05, 4.69) is 25.4 Å². The number of aliphatic carboxylic acids is 1. The molecule has 36 heavy (non-hydrogen) atoms. The summed E-state index contributed by atoms with van der Waals surface area (Å²) < 4.78 is 7.55. The molecule has 0 saturated heterocycles. The van der Waals surface area contributed by atoms with Gasteiger partial charge in [0.1, 0.15) is 11.4 Å². The summed E-state index contributed by atoms with van der Waals surface area (Å²) in [6.07, 6.45) is 8.16. The minimum atomic E-state index is -0.749. The molecule has 1 aliphatic rings. The van der Waals surface area contributed by atoms with Crippen LogP contribution in [0.3, 0.4) is 0 Å². The number of hydrogen-bond donors (Lipinski definition) is 2. The van der Waals surface area contributed by atoms with E-state index in [0.29, 0.717) is 24.5 Å². The summed E-state index contributed by atoms with van der Waals surface area (Å²) in [6.45, 7) is 5.87. The van der Waals surface area contributed by atoms with Crippen LogP contribution in [-0.2, 0) is 17.3 Å². The highest BCUT2D eigenvalue weighted by Crippen LogP contribution is 2.48. The minimum absolute atomic E-state index is 0.382. The summed E-state index contributed by atoms with van der Waals surface area (Å²) >= 11 is 0. The lowest BCUT2D eigenvalue weighted by Crippen LogP contribution is -2.23.